The second-order valence-corrected chi connectivity index (χ2v) is 4.54. The first-order valence-corrected chi connectivity index (χ1v) is 6.03. The van der Waals surface area contributed by atoms with E-state index in [1.165, 1.54) is 13.8 Å². The van der Waals surface area contributed by atoms with Crippen LogP contribution in [0.5, 0.6) is 0 Å². The van der Waals surface area contributed by atoms with Crippen LogP contribution in [0.25, 0.3) is 0 Å². The van der Waals surface area contributed by atoms with Gasteiger partial charge in [0.25, 0.3) is 5.69 Å². The van der Waals surface area contributed by atoms with E-state index in [-0.39, 0.29) is 34.5 Å². The summed E-state index contributed by atoms with van der Waals surface area (Å²) in [4.78, 5) is 24.6. The number of aliphatic hydroxyl groups excluding tert-OH is 2. The molecule has 0 aliphatic rings. The number of nitrogens with zero attached hydrogens (tertiary/aromatic N) is 2. The third kappa shape index (κ3) is 3.86. The highest BCUT2D eigenvalue weighted by atomic mass is 35.5. The zero-order valence-corrected chi connectivity index (χ0v) is 11.6. The molecule has 2 unspecified atom stereocenters. The molecule has 3 N–H and O–H groups in total. The molecule has 110 valence electrons. The lowest BCUT2D eigenvalue weighted by molar-refractivity contribution is -0.385. The van der Waals surface area contributed by atoms with Crippen molar-refractivity contribution in [1.29, 1.82) is 0 Å². The van der Waals surface area contributed by atoms with Crippen molar-refractivity contribution in [2.45, 2.75) is 26.1 Å². The second-order valence-electron chi connectivity index (χ2n) is 4.18. The lowest BCUT2D eigenvalue weighted by Gasteiger charge is -2.19. The van der Waals surface area contributed by atoms with E-state index in [4.69, 9.17) is 11.6 Å². The van der Waals surface area contributed by atoms with Gasteiger partial charge < -0.3 is 15.5 Å². The van der Waals surface area contributed by atoms with Gasteiger partial charge in [-0.3, -0.25) is 14.9 Å². The number of rotatable bonds is 5. The molecule has 2 atom stereocenters. The van der Waals surface area contributed by atoms with Gasteiger partial charge in [0.2, 0.25) is 5.91 Å². The van der Waals surface area contributed by atoms with Crippen LogP contribution in [-0.4, -0.2) is 38.7 Å². The monoisotopic (exact) mass is 303 g/mol. The van der Waals surface area contributed by atoms with Gasteiger partial charge in [0.1, 0.15) is 23.1 Å². The summed E-state index contributed by atoms with van der Waals surface area (Å²) in [5, 5.41) is 32.6. The number of carbonyl (C=O) groups is 1. The third-order valence-corrected chi connectivity index (χ3v) is 2.91. The summed E-state index contributed by atoms with van der Waals surface area (Å²) in [5.74, 6) is -0.379. The van der Waals surface area contributed by atoms with Gasteiger partial charge in [-0.15, -0.1) is 0 Å². The van der Waals surface area contributed by atoms with E-state index >= 15 is 0 Å². The van der Waals surface area contributed by atoms with Crippen LogP contribution in [-0.2, 0) is 4.79 Å². The molecule has 1 rings (SSSR count). The average Bonchev–Trinajstić information content (AvgIpc) is 2.34. The molecule has 9 heteroatoms. The van der Waals surface area contributed by atoms with E-state index in [0.29, 0.717) is 0 Å². The maximum atomic E-state index is 10.8. The van der Waals surface area contributed by atoms with Crippen LogP contribution < -0.4 is 5.32 Å². The molecule has 0 saturated heterocycles. The third-order valence-electron chi connectivity index (χ3n) is 2.61. The molecule has 0 bridgehead atoms. The van der Waals surface area contributed by atoms with Gasteiger partial charge in [-0.2, -0.15) is 0 Å². The van der Waals surface area contributed by atoms with Gasteiger partial charge in [-0.1, -0.05) is 11.6 Å². The normalized spacial score (nSPS) is 13.7. The summed E-state index contributed by atoms with van der Waals surface area (Å²) in [6, 6.07) is 1.06. The first kappa shape index (κ1) is 16.3. The molecule has 0 aromatic carbocycles. The average molecular weight is 304 g/mol. The summed E-state index contributed by atoms with van der Waals surface area (Å²) in [7, 11) is 0. The van der Waals surface area contributed by atoms with Crippen LogP contribution in [0.15, 0.2) is 6.07 Å². The molecule has 1 aromatic rings. The van der Waals surface area contributed by atoms with Crippen LogP contribution in [0, 0.1) is 17.0 Å². The Morgan fingerprint density at radius 1 is 1.60 bits per heavy atom. The lowest BCUT2D eigenvalue weighted by Crippen LogP contribution is -2.34. The number of carbonyl (C=O) groups excluding carboxylic acids is 1. The molecule has 0 fully saturated rings. The van der Waals surface area contributed by atoms with Gasteiger partial charge in [-0.05, 0) is 6.92 Å². The highest BCUT2D eigenvalue weighted by Crippen LogP contribution is 2.29. The Morgan fingerprint density at radius 2 is 2.20 bits per heavy atom. The second kappa shape index (κ2) is 6.60. The molecular formula is C11H14ClN3O5. The summed E-state index contributed by atoms with van der Waals surface area (Å²) >= 11 is 5.82. The van der Waals surface area contributed by atoms with Crippen molar-refractivity contribution >= 4 is 23.2 Å². The van der Waals surface area contributed by atoms with E-state index < -0.39 is 17.1 Å². The summed E-state index contributed by atoms with van der Waals surface area (Å²) in [6.07, 6.45) is -2.86. The van der Waals surface area contributed by atoms with E-state index in [0.717, 1.165) is 6.07 Å². The Balaban J connectivity index is 3.02. The van der Waals surface area contributed by atoms with Gasteiger partial charge >= 0.3 is 0 Å². The number of halogens is 1. The van der Waals surface area contributed by atoms with Crippen molar-refractivity contribution in [1.82, 2.24) is 10.3 Å². The number of pyridine rings is 1. The molecule has 0 radical (unpaired) electrons. The van der Waals surface area contributed by atoms with Crippen LogP contribution in [0.4, 0.5) is 5.69 Å². The molecule has 0 aliphatic heterocycles. The predicted octanol–water partition coefficient (Wildman–Crippen LogP) is 0.482. The molecule has 1 aromatic heterocycles. The fourth-order valence-electron chi connectivity index (χ4n) is 1.54. The van der Waals surface area contributed by atoms with Crippen molar-refractivity contribution < 1.29 is 19.9 Å². The minimum absolute atomic E-state index is 0.0678. The summed E-state index contributed by atoms with van der Waals surface area (Å²) in [6.45, 7) is 2.45. The largest absolute Gasteiger partial charge is 0.388 e. The van der Waals surface area contributed by atoms with Crippen LogP contribution in [0.1, 0.15) is 24.3 Å². The number of amides is 1. The first-order chi connectivity index (χ1) is 9.23. The minimum atomic E-state index is -1.50. The van der Waals surface area contributed by atoms with Crippen molar-refractivity contribution in [3.63, 3.8) is 0 Å². The van der Waals surface area contributed by atoms with Crippen molar-refractivity contribution in [2.75, 3.05) is 6.54 Å². The number of nitrogens with one attached hydrogen (secondary N) is 1. The Morgan fingerprint density at radius 3 is 2.70 bits per heavy atom. The highest BCUT2D eigenvalue weighted by molar-refractivity contribution is 6.30. The molecular weight excluding hydrogens is 290 g/mol. The van der Waals surface area contributed by atoms with Crippen molar-refractivity contribution in [3.05, 3.63) is 32.6 Å². The van der Waals surface area contributed by atoms with Gasteiger partial charge in [0, 0.05) is 25.1 Å². The van der Waals surface area contributed by atoms with Crippen LogP contribution >= 0.6 is 11.6 Å². The van der Waals surface area contributed by atoms with Gasteiger partial charge in [-0.25, -0.2) is 4.98 Å². The number of hydrogen-bond donors (Lipinski definition) is 3. The minimum Gasteiger partial charge on any atom is -0.388 e. The number of hydrogen-bond acceptors (Lipinski definition) is 6. The maximum absolute atomic E-state index is 10.8. The fourth-order valence-corrected chi connectivity index (χ4v) is 1.83. The lowest BCUT2D eigenvalue weighted by atomic mass is 10.1. The van der Waals surface area contributed by atoms with Crippen LogP contribution in [0.3, 0.4) is 0 Å². The van der Waals surface area contributed by atoms with E-state index in [2.05, 4.69) is 10.3 Å². The standard InChI is InChI=1S/C11H14ClN3O5/c1-5-8(15(19)20)3-7(11(12)14-5)10(18)9(17)4-13-6(2)16/h3,9-10,17-18H,4H2,1-2H3,(H,13,16). The maximum Gasteiger partial charge on any atom is 0.290 e. The number of aryl methyl sites for hydroxylation is 1. The molecule has 0 aliphatic carbocycles. The Kier molecular flexibility index (Phi) is 5.37. The SMILES string of the molecule is CC(=O)NCC(O)C(O)c1cc([N+](=O)[O-])c(C)nc1Cl. The zero-order chi connectivity index (χ0) is 15.4. The molecule has 0 spiro atoms. The van der Waals surface area contributed by atoms with E-state index in [1.807, 2.05) is 0 Å². The molecule has 8 nitrogen and oxygen atoms in total. The quantitative estimate of drug-likeness (QED) is 0.413. The molecule has 1 heterocycles. The number of nitro groups is 1. The van der Waals surface area contributed by atoms with Gasteiger partial charge in [0.05, 0.1) is 4.92 Å². The Labute approximate surface area is 119 Å². The Bertz CT molecular complexity index is 537. The smallest absolute Gasteiger partial charge is 0.290 e. The number of aliphatic hydroxyl groups is 2. The van der Waals surface area contributed by atoms with E-state index in [9.17, 15) is 25.1 Å². The fraction of sp³-hybridized carbons (Fsp3) is 0.455. The van der Waals surface area contributed by atoms with E-state index in [1.54, 1.807) is 0 Å². The molecule has 1 amide bonds. The first-order valence-electron chi connectivity index (χ1n) is 5.66. The summed E-state index contributed by atoms with van der Waals surface area (Å²) < 4.78 is 0. The number of aromatic nitrogens is 1. The highest BCUT2D eigenvalue weighted by Gasteiger charge is 2.25. The molecule has 0 saturated carbocycles. The van der Waals surface area contributed by atoms with Gasteiger partial charge in [0.15, 0.2) is 0 Å². The predicted molar refractivity (Wildman–Crippen MR) is 70.3 cm³/mol. The van der Waals surface area contributed by atoms with Crippen LogP contribution in [0.2, 0.25) is 5.15 Å². The van der Waals surface area contributed by atoms with Crippen molar-refractivity contribution in [2.24, 2.45) is 0 Å². The summed E-state index contributed by atoms with van der Waals surface area (Å²) in [5.41, 5.74) is -0.274. The van der Waals surface area contributed by atoms with Crippen molar-refractivity contribution in [3.8, 4) is 0 Å². The Hall–Kier alpha value is -1.77. The molecule has 20 heavy (non-hydrogen) atoms. The topological polar surface area (TPSA) is 126 Å². The zero-order valence-electron chi connectivity index (χ0n) is 10.8.